The number of carbonyl (C=O) groups excluding carboxylic acids is 1. The third kappa shape index (κ3) is 4.98. The van der Waals surface area contributed by atoms with E-state index in [4.69, 9.17) is 0 Å². The van der Waals surface area contributed by atoms with Crippen molar-refractivity contribution in [3.63, 3.8) is 0 Å². The molecule has 0 aliphatic carbocycles. The zero-order valence-electron chi connectivity index (χ0n) is 12.8. The lowest BCUT2D eigenvalue weighted by Gasteiger charge is -2.08. The van der Waals surface area contributed by atoms with Gasteiger partial charge in [0.15, 0.2) is 0 Å². The van der Waals surface area contributed by atoms with Crippen LogP contribution in [0.15, 0.2) is 30.5 Å². The third-order valence-electron chi connectivity index (χ3n) is 3.13. The number of nitrogens with zero attached hydrogens (tertiary/aromatic N) is 2. The number of benzene rings is 1. The lowest BCUT2D eigenvalue weighted by atomic mass is 10.2. The number of hydrogen-bond acceptors (Lipinski definition) is 4. The average molecular weight is 320 g/mol. The molecule has 7 heteroatoms. The molecule has 1 amide bonds. The van der Waals surface area contributed by atoms with Crippen LogP contribution in [0.3, 0.4) is 0 Å². The van der Waals surface area contributed by atoms with E-state index in [1.807, 2.05) is 0 Å². The highest BCUT2D eigenvalue weighted by Crippen LogP contribution is 2.18. The molecule has 0 saturated carbocycles. The van der Waals surface area contributed by atoms with E-state index in [0.717, 1.165) is 31.4 Å². The Morgan fingerprint density at radius 2 is 2.04 bits per heavy atom. The van der Waals surface area contributed by atoms with Crippen LogP contribution in [-0.4, -0.2) is 22.4 Å². The van der Waals surface area contributed by atoms with Crippen LogP contribution >= 0.6 is 0 Å². The minimum Gasteiger partial charge on any atom is -0.351 e. The number of carbonyl (C=O) groups is 1. The molecule has 0 radical (unpaired) electrons. The first-order valence-corrected chi connectivity index (χ1v) is 7.43. The highest BCUT2D eigenvalue weighted by Gasteiger charge is 2.10. The Bertz CT molecular complexity index is 679. The van der Waals surface area contributed by atoms with Gasteiger partial charge in [0, 0.05) is 18.8 Å². The van der Waals surface area contributed by atoms with Gasteiger partial charge in [-0.3, -0.25) is 4.79 Å². The summed E-state index contributed by atoms with van der Waals surface area (Å²) in [5.41, 5.74) is 0.216. The first kappa shape index (κ1) is 16.8. The molecule has 0 aliphatic heterocycles. The summed E-state index contributed by atoms with van der Waals surface area (Å²) in [4.78, 5) is 19.9. The van der Waals surface area contributed by atoms with Gasteiger partial charge in [-0.05, 0) is 24.6 Å². The Kier molecular flexibility index (Phi) is 5.96. The van der Waals surface area contributed by atoms with Crippen molar-refractivity contribution < 1.29 is 13.6 Å². The number of hydrogen-bond donors (Lipinski definition) is 2. The maximum atomic E-state index is 13.6. The number of unbranched alkanes of at least 4 members (excludes halogenated alkanes) is 2. The molecule has 23 heavy (non-hydrogen) atoms. The van der Waals surface area contributed by atoms with Gasteiger partial charge in [-0.1, -0.05) is 19.8 Å². The van der Waals surface area contributed by atoms with Crippen molar-refractivity contribution >= 4 is 17.5 Å². The molecule has 122 valence electrons. The smallest absolute Gasteiger partial charge is 0.270 e. The Morgan fingerprint density at radius 1 is 1.22 bits per heavy atom. The Hall–Kier alpha value is -2.57. The van der Waals surface area contributed by atoms with Crippen molar-refractivity contribution in [2.75, 3.05) is 11.9 Å². The second-order valence-electron chi connectivity index (χ2n) is 4.98. The Labute approximate surface area is 133 Å². The van der Waals surface area contributed by atoms with Gasteiger partial charge in [0.1, 0.15) is 17.3 Å². The summed E-state index contributed by atoms with van der Waals surface area (Å²) in [5.74, 6) is -1.68. The standard InChI is InChI=1S/C16H18F2N4O/c1-2-3-4-8-19-15(23)14-7-9-20-16(22-14)21-13-6-5-11(17)10-12(13)18/h5-7,9-10H,2-4,8H2,1H3,(H,19,23)(H,20,21,22). The predicted octanol–water partition coefficient (Wildman–Crippen LogP) is 3.42. The Morgan fingerprint density at radius 3 is 2.78 bits per heavy atom. The van der Waals surface area contributed by atoms with E-state index < -0.39 is 11.6 Å². The number of aromatic nitrogens is 2. The molecule has 0 aliphatic rings. The van der Waals surface area contributed by atoms with E-state index in [0.29, 0.717) is 6.54 Å². The molecule has 0 unspecified atom stereocenters. The zero-order valence-corrected chi connectivity index (χ0v) is 12.8. The van der Waals surface area contributed by atoms with E-state index in [1.54, 1.807) is 0 Å². The number of amides is 1. The lowest BCUT2D eigenvalue weighted by molar-refractivity contribution is 0.0948. The molecule has 1 aromatic heterocycles. The van der Waals surface area contributed by atoms with Crippen molar-refractivity contribution in [3.05, 3.63) is 47.8 Å². The molecular formula is C16H18F2N4O. The fraction of sp³-hybridized carbons (Fsp3) is 0.312. The maximum absolute atomic E-state index is 13.6. The lowest BCUT2D eigenvalue weighted by Crippen LogP contribution is -2.25. The first-order valence-electron chi connectivity index (χ1n) is 7.43. The van der Waals surface area contributed by atoms with Crippen LogP contribution in [0.1, 0.15) is 36.7 Å². The molecule has 0 atom stereocenters. The van der Waals surface area contributed by atoms with Gasteiger partial charge in [-0.25, -0.2) is 18.7 Å². The molecule has 0 bridgehead atoms. The molecule has 0 spiro atoms. The third-order valence-corrected chi connectivity index (χ3v) is 3.13. The topological polar surface area (TPSA) is 66.9 Å². The van der Waals surface area contributed by atoms with Gasteiger partial charge in [0.25, 0.3) is 5.91 Å². The van der Waals surface area contributed by atoms with Crippen LogP contribution in [0.5, 0.6) is 0 Å². The van der Waals surface area contributed by atoms with Crippen molar-refractivity contribution in [3.8, 4) is 0 Å². The van der Waals surface area contributed by atoms with E-state index in [2.05, 4.69) is 27.5 Å². The summed E-state index contributed by atoms with van der Waals surface area (Å²) in [6.07, 6.45) is 4.42. The molecule has 2 rings (SSSR count). The van der Waals surface area contributed by atoms with Crippen molar-refractivity contribution in [1.82, 2.24) is 15.3 Å². The molecule has 0 saturated heterocycles. The summed E-state index contributed by atoms with van der Waals surface area (Å²) in [5, 5.41) is 5.39. The van der Waals surface area contributed by atoms with Gasteiger partial charge in [0.2, 0.25) is 5.95 Å². The fourth-order valence-corrected chi connectivity index (χ4v) is 1.92. The SMILES string of the molecule is CCCCCNC(=O)c1ccnc(Nc2ccc(F)cc2F)n1. The monoisotopic (exact) mass is 320 g/mol. The second kappa shape index (κ2) is 8.17. The summed E-state index contributed by atoms with van der Waals surface area (Å²) in [6.45, 7) is 2.66. The molecule has 1 heterocycles. The molecule has 5 nitrogen and oxygen atoms in total. The van der Waals surface area contributed by atoms with Crippen molar-refractivity contribution in [1.29, 1.82) is 0 Å². The van der Waals surface area contributed by atoms with Gasteiger partial charge >= 0.3 is 0 Å². The summed E-state index contributed by atoms with van der Waals surface area (Å²) < 4.78 is 26.5. The van der Waals surface area contributed by atoms with Crippen LogP contribution < -0.4 is 10.6 Å². The van der Waals surface area contributed by atoms with E-state index in [1.165, 1.54) is 18.3 Å². The first-order chi connectivity index (χ1) is 11.1. The number of halogens is 2. The summed E-state index contributed by atoms with van der Waals surface area (Å²) in [6, 6.07) is 4.59. The number of rotatable bonds is 7. The quantitative estimate of drug-likeness (QED) is 0.767. The summed E-state index contributed by atoms with van der Waals surface area (Å²) >= 11 is 0. The predicted molar refractivity (Wildman–Crippen MR) is 83.5 cm³/mol. The van der Waals surface area contributed by atoms with Gasteiger partial charge < -0.3 is 10.6 Å². The zero-order chi connectivity index (χ0) is 16.7. The molecule has 0 fully saturated rings. The van der Waals surface area contributed by atoms with Crippen LogP contribution in [-0.2, 0) is 0 Å². The Balaban J connectivity index is 2.03. The highest BCUT2D eigenvalue weighted by atomic mass is 19.1. The number of nitrogens with one attached hydrogen (secondary N) is 2. The summed E-state index contributed by atoms with van der Waals surface area (Å²) in [7, 11) is 0. The fourth-order valence-electron chi connectivity index (χ4n) is 1.92. The van der Waals surface area contributed by atoms with Crippen LogP contribution in [0.25, 0.3) is 0 Å². The molecule has 1 aromatic carbocycles. The van der Waals surface area contributed by atoms with Gasteiger partial charge in [-0.2, -0.15) is 0 Å². The second-order valence-corrected chi connectivity index (χ2v) is 4.98. The number of anilines is 2. The maximum Gasteiger partial charge on any atom is 0.270 e. The minimum atomic E-state index is -0.761. The highest BCUT2D eigenvalue weighted by molar-refractivity contribution is 5.92. The average Bonchev–Trinajstić information content (AvgIpc) is 2.54. The van der Waals surface area contributed by atoms with Crippen molar-refractivity contribution in [2.24, 2.45) is 0 Å². The van der Waals surface area contributed by atoms with Crippen LogP contribution in [0.2, 0.25) is 0 Å². The van der Waals surface area contributed by atoms with Gasteiger partial charge in [0.05, 0.1) is 5.69 Å². The van der Waals surface area contributed by atoms with E-state index in [9.17, 15) is 13.6 Å². The molecular weight excluding hydrogens is 302 g/mol. The molecule has 2 aromatic rings. The largest absolute Gasteiger partial charge is 0.351 e. The normalized spacial score (nSPS) is 10.4. The van der Waals surface area contributed by atoms with Crippen LogP contribution in [0, 0.1) is 11.6 Å². The minimum absolute atomic E-state index is 0.0342. The van der Waals surface area contributed by atoms with Crippen molar-refractivity contribution in [2.45, 2.75) is 26.2 Å². The van der Waals surface area contributed by atoms with E-state index >= 15 is 0 Å². The van der Waals surface area contributed by atoms with E-state index in [-0.39, 0.29) is 23.2 Å². The molecule has 2 N–H and O–H groups in total. The van der Waals surface area contributed by atoms with Crippen LogP contribution in [0.4, 0.5) is 20.4 Å². The van der Waals surface area contributed by atoms with Gasteiger partial charge in [-0.15, -0.1) is 0 Å².